The summed E-state index contributed by atoms with van der Waals surface area (Å²) in [5.74, 6) is -1.28. The largest absolute Gasteiger partial charge is 0.496 e. The molecular formula is C27H24FN3O4S. The Morgan fingerprint density at radius 1 is 1.11 bits per heavy atom. The third-order valence-electron chi connectivity index (χ3n) is 6.68. The van der Waals surface area contributed by atoms with E-state index in [1.54, 1.807) is 30.3 Å². The minimum absolute atomic E-state index is 0.0446. The lowest BCUT2D eigenvalue weighted by Crippen LogP contribution is -2.40. The average Bonchev–Trinajstić information content (AvgIpc) is 3.60. The first-order chi connectivity index (χ1) is 17.2. The van der Waals surface area contributed by atoms with Crippen molar-refractivity contribution in [1.82, 2.24) is 14.7 Å². The number of halogens is 1. The van der Waals surface area contributed by atoms with Crippen LogP contribution in [-0.4, -0.2) is 31.4 Å². The second-order valence-corrected chi connectivity index (χ2v) is 10.7. The molecule has 4 aromatic rings. The molecule has 36 heavy (non-hydrogen) atoms. The van der Waals surface area contributed by atoms with Gasteiger partial charge in [-0.3, -0.25) is 14.8 Å². The van der Waals surface area contributed by atoms with Crippen LogP contribution in [0.5, 0.6) is 5.75 Å². The van der Waals surface area contributed by atoms with E-state index in [9.17, 15) is 17.6 Å². The molecule has 0 bridgehead atoms. The molecule has 2 unspecified atom stereocenters. The van der Waals surface area contributed by atoms with Gasteiger partial charge in [0.15, 0.2) is 0 Å². The molecule has 2 atom stereocenters. The number of sulfonamides is 1. The maximum atomic E-state index is 14.0. The number of methoxy groups -OCH3 is 1. The van der Waals surface area contributed by atoms with Crippen LogP contribution in [0.4, 0.5) is 4.39 Å². The fraction of sp³-hybridized carbons (Fsp3) is 0.222. The highest BCUT2D eigenvalue weighted by atomic mass is 32.2. The normalized spacial score (nSPS) is 19.2. The molecule has 184 valence electrons. The SMILES string of the molecule is COc1ccc(C)cc1C1(C(=O)NS(=O)(=O)c2cccc3nc(C)ccc23)CC1c1cncc(F)c1. The molecule has 9 heteroatoms. The number of rotatable bonds is 6. The molecular weight excluding hydrogens is 481 g/mol. The zero-order valence-electron chi connectivity index (χ0n) is 19.9. The van der Waals surface area contributed by atoms with Gasteiger partial charge in [0.25, 0.3) is 10.0 Å². The van der Waals surface area contributed by atoms with Gasteiger partial charge < -0.3 is 4.74 Å². The first-order valence-corrected chi connectivity index (χ1v) is 12.8. The summed E-state index contributed by atoms with van der Waals surface area (Å²) < 4.78 is 48.8. The molecule has 0 spiro atoms. The van der Waals surface area contributed by atoms with Crippen molar-refractivity contribution in [3.8, 4) is 5.75 Å². The number of aryl methyl sites for hydroxylation is 2. The zero-order valence-corrected chi connectivity index (χ0v) is 20.8. The van der Waals surface area contributed by atoms with Crippen LogP contribution in [0, 0.1) is 19.7 Å². The second-order valence-electron chi connectivity index (χ2n) is 9.08. The number of nitrogens with zero attached hydrogens (tertiary/aromatic N) is 2. The first-order valence-electron chi connectivity index (χ1n) is 11.3. The van der Waals surface area contributed by atoms with Crippen molar-refractivity contribution in [2.45, 2.75) is 36.5 Å². The Kier molecular flexibility index (Phi) is 5.75. The summed E-state index contributed by atoms with van der Waals surface area (Å²) in [5, 5.41) is 0.410. The van der Waals surface area contributed by atoms with Gasteiger partial charge in [-0.2, -0.15) is 0 Å². The second kappa shape index (κ2) is 8.67. The number of benzene rings is 2. The Labute approximate surface area is 208 Å². The Balaban J connectivity index is 1.60. The lowest BCUT2D eigenvalue weighted by molar-refractivity contribution is -0.122. The van der Waals surface area contributed by atoms with Gasteiger partial charge in [-0.1, -0.05) is 23.8 Å². The predicted octanol–water partition coefficient (Wildman–Crippen LogP) is 4.32. The molecule has 0 radical (unpaired) electrons. The van der Waals surface area contributed by atoms with Crippen LogP contribution in [0.1, 0.15) is 34.7 Å². The van der Waals surface area contributed by atoms with E-state index in [0.717, 1.165) is 17.5 Å². The summed E-state index contributed by atoms with van der Waals surface area (Å²) in [7, 11) is -2.77. The van der Waals surface area contributed by atoms with E-state index < -0.39 is 33.1 Å². The van der Waals surface area contributed by atoms with Crippen LogP contribution in [0.2, 0.25) is 0 Å². The number of nitrogens with one attached hydrogen (secondary N) is 1. The van der Waals surface area contributed by atoms with Crippen molar-refractivity contribution in [3.63, 3.8) is 0 Å². The van der Waals surface area contributed by atoms with Gasteiger partial charge in [0.2, 0.25) is 5.91 Å². The standard InChI is InChI=1S/C27H24FN3O4S/c1-16-7-10-24(35-3)21(11-16)27(13-22(27)18-12-19(28)15-29-14-18)26(32)31-36(33,34)25-6-4-5-23-20(25)9-8-17(2)30-23/h4-12,14-15,22H,13H2,1-3H3,(H,31,32). The van der Waals surface area contributed by atoms with Gasteiger partial charge in [-0.25, -0.2) is 17.5 Å². The first kappa shape index (κ1) is 23.9. The number of hydrogen-bond acceptors (Lipinski definition) is 6. The molecule has 1 aliphatic rings. The number of ether oxygens (including phenoxy) is 1. The lowest BCUT2D eigenvalue weighted by Gasteiger charge is -2.21. The van der Waals surface area contributed by atoms with E-state index in [1.807, 2.05) is 26.0 Å². The minimum atomic E-state index is -4.26. The average molecular weight is 506 g/mol. The number of amides is 1. The molecule has 0 aliphatic heterocycles. The number of pyridine rings is 2. The van der Waals surface area contributed by atoms with Crippen LogP contribution in [0.3, 0.4) is 0 Å². The van der Waals surface area contributed by atoms with Gasteiger partial charge in [0.05, 0.1) is 29.1 Å². The van der Waals surface area contributed by atoms with Gasteiger partial charge in [0.1, 0.15) is 11.6 Å². The van der Waals surface area contributed by atoms with Crippen molar-refractivity contribution in [2.75, 3.05) is 7.11 Å². The maximum Gasteiger partial charge on any atom is 0.264 e. The van der Waals surface area contributed by atoms with Gasteiger partial charge in [0, 0.05) is 28.8 Å². The van der Waals surface area contributed by atoms with Crippen LogP contribution in [0.25, 0.3) is 10.9 Å². The van der Waals surface area contributed by atoms with Crippen LogP contribution >= 0.6 is 0 Å². The van der Waals surface area contributed by atoms with Crippen molar-refractivity contribution in [3.05, 3.63) is 95.2 Å². The lowest BCUT2D eigenvalue weighted by atomic mass is 9.88. The van der Waals surface area contributed by atoms with E-state index in [2.05, 4.69) is 14.7 Å². The minimum Gasteiger partial charge on any atom is -0.496 e. The number of hydrogen-bond donors (Lipinski definition) is 1. The highest BCUT2D eigenvalue weighted by molar-refractivity contribution is 7.90. The molecule has 2 aromatic carbocycles. The molecule has 2 heterocycles. The molecule has 2 aromatic heterocycles. The topological polar surface area (TPSA) is 98.2 Å². The molecule has 1 aliphatic carbocycles. The molecule has 1 amide bonds. The van der Waals surface area contributed by atoms with Crippen molar-refractivity contribution < 1.29 is 22.3 Å². The smallest absolute Gasteiger partial charge is 0.264 e. The highest BCUT2D eigenvalue weighted by Gasteiger charge is 2.63. The number of carbonyl (C=O) groups excluding carboxylic acids is 1. The quantitative estimate of drug-likeness (QED) is 0.419. The molecule has 1 saturated carbocycles. The zero-order chi connectivity index (χ0) is 25.7. The fourth-order valence-electron chi connectivity index (χ4n) is 4.86. The third kappa shape index (κ3) is 3.99. The Hall–Kier alpha value is -3.85. The van der Waals surface area contributed by atoms with Crippen molar-refractivity contribution >= 4 is 26.8 Å². The van der Waals surface area contributed by atoms with Gasteiger partial charge in [-0.15, -0.1) is 0 Å². The number of carbonyl (C=O) groups is 1. The Morgan fingerprint density at radius 2 is 1.92 bits per heavy atom. The van der Waals surface area contributed by atoms with E-state index in [0.29, 0.717) is 27.8 Å². The maximum absolute atomic E-state index is 14.0. The van der Waals surface area contributed by atoms with Crippen LogP contribution in [0.15, 0.2) is 71.9 Å². The molecule has 1 fully saturated rings. The van der Waals surface area contributed by atoms with Crippen LogP contribution < -0.4 is 9.46 Å². The van der Waals surface area contributed by atoms with E-state index in [1.165, 1.54) is 25.4 Å². The summed E-state index contributed by atoms with van der Waals surface area (Å²) in [6, 6.07) is 14.9. The van der Waals surface area contributed by atoms with Crippen LogP contribution in [-0.2, 0) is 20.2 Å². The van der Waals surface area contributed by atoms with Gasteiger partial charge in [-0.05, 0) is 62.2 Å². The summed E-state index contributed by atoms with van der Waals surface area (Å²) >= 11 is 0. The number of fused-ring (bicyclic) bond motifs is 1. The molecule has 5 rings (SSSR count). The fourth-order valence-corrected chi connectivity index (χ4v) is 6.11. The molecule has 7 nitrogen and oxygen atoms in total. The predicted molar refractivity (Wildman–Crippen MR) is 133 cm³/mol. The monoisotopic (exact) mass is 505 g/mol. The summed E-state index contributed by atoms with van der Waals surface area (Å²) in [4.78, 5) is 22.2. The summed E-state index contributed by atoms with van der Waals surface area (Å²) in [6.45, 7) is 3.69. The van der Waals surface area contributed by atoms with E-state index in [-0.39, 0.29) is 11.3 Å². The number of aromatic nitrogens is 2. The summed E-state index contributed by atoms with van der Waals surface area (Å²) in [5.41, 5.74) is 1.91. The Morgan fingerprint density at radius 3 is 2.67 bits per heavy atom. The van der Waals surface area contributed by atoms with Crippen molar-refractivity contribution in [1.29, 1.82) is 0 Å². The third-order valence-corrected chi connectivity index (χ3v) is 8.07. The Bertz CT molecular complexity index is 1620. The van der Waals surface area contributed by atoms with E-state index >= 15 is 0 Å². The molecule has 0 saturated heterocycles. The summed E-state index contributed by atoms with van der Waals surface area (Å²) in [6.07, 6.45) is 2.86. The highest BCUT2D eigenvalue weighted by Crippen LogP contribution is 2.62. The van der Waals surface area contributed by atoms with Gasteiger partial charge >= 0.3 is 0 Å². The van der Waals surface area contributed by atoms with Crippen molar-refractivity contribution in [2.24, 2.45) is 0 Å². The molecule has 1 N–H and O–H groups in total. The van der Waals surface area contributed by atoms with E-state index in [4.69, 9.17) is 4.74 Å².